The highest BCUT2D eigenvalue weighted by molar-refractivity contribution is 5.43. The largest absolute Gasteiger partial charge is 0.493 e. The Labute approximate surface area is 107 Å². The van der Waals surface area contributed by atoms with E-state index in [0.29, 0.717) is 11.5 Å². The molecular weight excluding hydrogens is 232 g/mol. The van der Waals surface area contributed by atoms with Crippen molar-refractivity contribution in [1.82, 2.24) is 0 Å². The van der Waals surface area contributed by atoms with Crippen LogP contribution in [0, 0.1) is 0 Å². The molecule has 2 N–H and O–H groups in total. The van der Waals surface area contributed by atoms with Gasteiger partial charge in [-0.1, -0.05) is 12.5 Å². The molecule has 0 aromatic heterocycles. The van der Waals surface area contributed by atoms with E-state index in [4.69, 9.17) is 14.6 Å². The van der Waals surface area contributed by atoms with E-state index in [1.165, 1.54) is 0 Å². The van der Waals surface area contributed by atoms with Crippen molar-refractivity contribution in [2.45, 2.75) is 44.5 Å². The molecule has 1 saturated carbocycles. The molecule has 0 bridgehead atoms. The van der Waals surface area contributed by atoms with E-state index in [1.54, 1.807) is 25.3 Å². The first-order valence-corrected chi connectivity index (χ1v) is 6.37. The Bertz CT molecular complexity index is 391. The zero-order valence-electron chi connectivity index (χ0n) is 10.6. The van der Waals surface area contributed by atoms with E-state index in [0.717, 1.165) is 31.2 Å². The summed E-state index contributed by atoms with van der Waals surface area (Å²) in [6.45, 7) is -0.0251. The second-order valence-corrected chi connectivity index (χ2v) is 4.65. The minimum absolute atomic E-state index is 0.0251. The molecule has 1 aromatic rings. The fourth-order valence-corrected chi connectivity index (χ4v) is 2.29. The zero-order chi connectivity index (χ0) is 13.0. The molecule has 4 nitrogen and oxygen atoms in total. The van der Waals surface area contributed by atoms with Gasteiger partial charge in [-0.15, -0.1) is 0 Å². The number of ether oxygens (including phenoxy) is 2. The fourth-order valence-electron chi connectivity index (χ4n) is 2.29. The molecule has 4 heteroatoms. The van der Waals surface area contributed by atoms with E-state index in [2.05, 4.69) is 0 Å². The van der Waals surface area contributed by atoms with Gasteiger partial charge in [-0.2, -0.15) is 0 Å². The van der Waals surface area contributed by atoms with Gasteiger partial charge in [0.05, 0.1) is 19.8 Å². The third kappa shape index (κ3) is 2.94. The molecule has 0 aliphatic heterocycles. The van der Waals surface area contributed by atoms with Gasteiger partial charge in [-0.3, -0.25) is 0 Å². The topological polar surface area (TPSA) is 58.9 Å². The number of aliphatic hydroxyl groups excluding tert-OH is 2. The Kier molecular flexibility index (Phi) is 4.44. The summed E-state index contributed by atoms with van der Waals surface area (Å²) in [6.07, 6.45) is 3.24. The van der Waals surface area contributed by atoms with Gasteiger partial charge in [-0.25, -0.2) is 0 Å². The molecule has 1 fully saturated rings. The average Bonchev–Trinajstić information content (AvgIpc) is 2.41. The number of methoxy groups -OCH3 is 1. The molecule has 2 rings (SSSR count). The highest BCUT2D eigenvalue weighted by Gasteiger charge is 2.25. The first-order chi connectivity index (χ1) is 8.74. The lowest BCUT2D eigenvalue weighted by molar-refractivity contribution is 0.00565. The minimum atomic E-state index is -0.402. The molecular formula is C14H20O4. The maximum Gasteiger partial charge on any atom is 0.161 e. The predicted molar refractivity (Wildman–Crippen MR) is 67.8 cm³/mol. The third-order valence-electron chi connectivity index (χ3n) is 3.36. The van der Waals surface area contributed by atoms with Crippen LogP contribution in [0.4, 0.5) is 0 Å². The van der Waals surface area contributed by atoms with E-state index in [-0.39, 0.29) is 12.7 Å². The van der Waals surface area contributed by atoms with E-state index >= 15 is 0 Å². The van der Waals surface area contributed by atoms with Crippen LogP contribution in [-0.2, 0) is 6.61 Å². The fraction of sp³-hybridized carbons (Fsp3) is 0.571. The first-order valence-electron chi connectivity index (χ1n) is 6.37. The molecule has 0 radical (unpaired) electrons. The van der Waals surface area contributed by atoms with Crippen LogP contribution in [0.15, 0.2) is 18.2 Å². The summed E-state index contributed by atoms with van der Waals surface area (Å²) in [6, 6.07) is 5.34. The normalized spacial score (nSPS) is 23.7. The Hall–Kier alpha value is -1.26. The van der Waals surface area contributed by atoms with Crippen molar-refractivity contribution < 1.29 is 19.7 Å². The molecule has 2 atom stereocenters. The molecule has 0 unspecified atom stereocenters. The van der Waals surface area contributed by atoms with Crippen molar-refractivity contribution in [2.24, 2.45) is 0 Å². The van der Waals surface area contributed by atoms with Crippen LogP contribution < -0.4 is 9.47 Å². The highest BCUT2D eigenvalue weighted by atomic mass is 16.5. The van der Waals surface area contributed by atoms with Gasteiger partial charge in [0.2, 0.25) is 0 Å². The monoisotopic (exact) mass is 252 g/mol. The molecule has 18 heavy (non-hydrogen) atoms. The molecule has 1 aliphatic rings. The number of benzene rings is 1. The van der Waals surface area contributed by atoms with Crippen LogP contribution in [0.3, 0.4) is 0 Å². The lowest BCUT2D eigenvalue weighted by Crippen LogP contribution is -2.34. The molecule has 0 saturated heterocycles. The third-order valence-corrected chi connectivity index (χ3v) is 3.36. The van der Waals surface area contributed by atoms with Gasteiger partial charge < -0.3 is 19.7 Å². The Morgan fingerprint density at radius 2 is 2.00 bits per heavy atom. The van der Waals surface area contributed by atoms with Crippen molar-refractivity contribution >= 4 is 0 Å². The highest BCUT2D eigenvalue weighted by Crippen LogP contribution is 2.32. The van der Waals surface area contributed by atoms with E-state index in [9.17, 15) is 5.11 Å². The van der Waals surface area contributed by atoms with Crippen LogP contribution in [-0.4, -0.2) is 29.5 Å². The zero-order valence-corrected chi connectivity index (χ0v) is 10.6. The summed E-state index contributed by atoms with van der Waals surface area (Å²) in [4.78, 5) is 0. The maximum atomic E-state index is 9.89. The van der Waals surface area contributed by atoms with Gasteiger partial charge in [0.25, 0.3) is 0 Å². The van der Waals surface area contributed by atoms with Gasteiger partial charge in [-0.05, 0) is 37.0 Å². The van der Waals surface area contributed by atoms with Crippen molar-refractivity contribution in [3.8, 4) is 11.5 Å². The van der Waals surface area contributed by atoms with Gasteiger partial charge in [0, 0.05) is 0 Å². The summed E-state index contributed by atoms with van der Waals surface area (Å²) < 4.78 is 11.1. The second kappa shape index (κ2) is 6.07. The van der Waals surface area contributed by atoms with Crippen molar-refractivity contribution in [3.63, 3.8) is 0 Å². The predicted octanol–water partition coefficient (Wildman–Crippen LogP) is 1.87. The quantitative estimate of drug-likeness (QED) is 0.859. The summed E-state index contributed by atoms with van der Waals surface area (Å²) in [5, 5.41) is 19.0. The minimum Gasteiger partial charge on any atom is -0.493 e. The maximum absolute atomic E-state index is 9.89. The SMILES string of the molecule is COc1cc(CO)ccc1O[C@H]1CCCC[C@@H]1O. The Morgan fingerprint density at radius 3 is 2.67 bits per heavy atom. The van der Waals surface area contributed by atoms with Crippen molar-refractivity contribution in [3.05, 3.63) is 23.8 Å². The molecule has 0 spiro atoms. The van der Waals surface area contributed by atoms with E-state index in [1.807, 2.05) is 0 Å². The van der Waals surface area contributed by atoms with E-state index < -0.39 is 6.10 Å². The van der Waals surface area contributed by atoms with Crippen LogP contribution in [0.5, 0.6) is 11.5 Å². The van der Waals surface area contributed by atoms with Crippen molar-refractivity contribution in [2.75, 3.05) is 7.11 Å². The van der Waals surface area contributed by atoms with Gasteiger partial charge in [0.15, 0.2) is 11.5 Å². The van der Waals surface area contributed by atoms with Crippen LogP contribution in [0.1, 0.15) is 31.2 Å². The Morgan fingerprint density at radius 1 is 1.22 bits per heavy atom. The second-order valence-electron chi connectivity index (χ2n) is 4.65. The lowest BCUT2D eigenvalue weighted by Gasteiger charge is -2.28. The van der Waals surface area contributed by atoms with Gasteiger partial charge >= 0.3 is 0 Å². The number of hydrogen-bond acceptors (Lipinski definition) is 4. The summed E-state index contributed by atoms with van der Waals surface area (Å²) in [7, 11) is 1.57. The number of rotatable bonds is 4. The molecule has 100 valence electrons. The molecule has 0 amide bonds. The summed E-state index contributed by atoms with van der Waals surface area (Å²) in [5.74, 6) is 1.22. The molecule has 0 heterocycles. The first kappa shape index (κ1) is 13.2. The number of hydrogen-bond donors (Lipinski definition) is 2. The molecule has 1 aliphatic carbocycles. The summed E-state index contributed by atoms with van der Waals surface area (Å²) >= 11 is 0. The average molecular weight is 252 g/mol. The Balaban J connectivity index is 2.12. The summed E-state index contributed by atoms with van der Waals surface area (Å²) in [5.41, 5.74) is 0.781. The van der Waals surface area contributed by atoms with Crippen LogP contribution in [0.2, 0.25) is 0 Å². The number of aliphatic hydroxyl groups is 2. The molecule has 1 aromatic carbocycles. The van der Waals surface area contributed by atoms with Crippen LogP contribution in [0.25, 0.3) is 0 Å². The smallest absolute Gasteiger partial charge is 0.161 e. The standard InChI is InChI=1S/C14H20O4/c1-17-14-8-10(9-15)6-7-13(14)18-12-5-3-2-4-11(12)16/h6-8,11-12,15-16H,2-5,9H2,1H3/t11-,12-/m0/s1. The van der Waals surface area contributed by atoms with Crippen molar-refractivity contribution in [1.29, 1.82) is 0 Å². The van der Waals surface area contributed by atoms with Crippen LogP contribution >= 0.6 is 0 Å². The lowest BCUT2D eigenvalue weighted by atomic mass is 9.95. The van der Waals surface area contributed by atoms with Gasteiger partial charge in [0.1, 0.15) is 6.10 Å².